The number of carbonyl (C=O) groups excluding carboxylic acids is 2. The number of rotatable bonds is 7. The molecule has 0 spiro atoms. The Morgan fingerprint density at radius 2 is 2.00 bits per heavy atom. The molecule has 0 fully saturated rings. The standard InChI is InChI=1S/C17H21Cl2N3O3/c1-4-7-21(8-6-14(23)25-5-2)17(24)15-11(3)20-16-13(19)9-12(18)10-22(15)16/h9-10H,4-8H2,1-3H3. The van der Waals surface area contributed by atoms with E-state index in [1.807, 2.05) is 6.92 Å². The monoisotopic (exact) mass is 385 g/mol. The number of amides is 1. The highest BCUT2D eigenvalue weighted by molar-refractivity contribution is 6.36. The quantitative estimate of drug-likeness (QED) is 0.680. The summed E-state index contributed by atoms with van der Waals surface area (Å²) < 4.78 is 6.54. The predicted octanol–water partition coefficient (Wildman–Crippen LogP) is 3.75. The molecular formula is C17H21Cl2N3O3. The zero-order valence-electron chi connectivity index (χ0n) is 14.5. The van der Waals surface area contributed by atoms with Crippen LogP contribution in [0.2, 0.25) is 10.0 Å². The Morgan fingerprint density at radius 1 is 1.28 bits per heavy atom. The molecule has 2 heterocycles. The van der Waals surface area contributed by atoms with Gasteiger partial charge in [0.2, 0.25) is 0 Å². The summed E-state index contributed by atoms with van der Waals surface area (Å²) in [5.41, 5.74) is 1.44. The zero-order valence-corrected chi connectivity index (χ0v) is 16.0. The fourth-order valence-electron chi connectivity index (χ4n) is 2.64. The van der Waals surface area contributed by atoms with Gasteiger partial charge in [-0.3, -0.25) is 14.0 Å². The summed E-state index contributed by atoms with van der Waals surface area (Å²) in [5.74, 6) is -0.535. The molecule has 0 unspecified atom stereocenters. The number of fused-ring (bicyclic) bond motifs is 1. The van der Waals surface area contributed by atoms with Crippen LogP contribution in [-0.4, -0.2) is 45.9 Å². The summed E-state index contributed by atoms with van der Waals surface area (Å²) >= 11 is 12.2. The highest BCUT2D eigenvalue weighted by Crippen LogP contribution is 2.25. The Balaban J connectivity index is 2.34. The van der Waals surface area contributed by atoms with Gasteiger partial charge in [-0.05, 0) is 26.3 Å². The number of carbonyl (C=O) groups is 2. The molecule has 0 aliphatic carbocycles. The van der Waals surface area contributed by atoms with Crippen LogP contribution in [-0.2, 0) is 9.53 Å². The van der Waals surface area contributed by atoms with Gasteiger partial charge < -0.3 is 9.64 Å². The van der Waals surface area contributed by atoms with Crippen molar-refractivity contribution in [3.8, 4) is 0 Å². The summed E-state index contributed by atoms with van der Waals surface area (Å²) in [7, 11) is 0. The predicted molar refractivity (Wildman–Crippen MR) is 97.4 cm³/mol. The maximum absolute atomic E-state index is 13.1. The first-order valence-electron chi connectivity index (χ1n) is 8.17. The van der Waals surface area contributed by atoms with Gasteiger partial charge in [-0.25, -0.2) is 4.98 Å². The second-order valence-corrected chi connectivity index (χ2v) is 6.44. The van der Waals surface area contributed by atoms with Crippen molar-refractivity contribution in [3.05, 3.63) is 33.7 Å². The molecule has 0 saturated heterocycles. The number of esters is 1. The highest BCUT2D eigenvalue weighted by atomic mass is 35.5. The van der Waals surface area contributed by atoms with Crippen LogP contribution in [0.4, 0.5) is 0 Å². The first-order chi connectivity index (χ1) is 11.9. The third-order valence-corrected chi connectivity index (χ3v) is 4.18. The molecule has 1 amide bonds. The number of hydrogen-bond donors (Lipinski definition) is 0. The number of aromatic nitrogens is 2. The molecule has 0 aliphatic heterocycles. The Morgan fingerprint density at radius 3 is 2.64 bits per heavy atom. The molecule has 136 valence electrons. The van der Waals surface area contributed by atoms with Crippen LogP contribution in [0.5, 0.6) is 0 Å². The van der Waals surface area contributed by atoms with E-state index in [4.69, 9.17) is 27.9 Å². The van der Waals surface area contributed by atoms with Crippen molar-refractivity contribution in [1.29, 1.82) is 0 Å². The van der Waals surface area contributed by atoms with Crippen LogP contribution in [0.1, 0.15) is 42.9 Å². The van der Waals surface area contributed by atoms with Crippen molar-refractivity contribution >= 4 is 40.7 Å². The van der Waals surface area contributed by atoms with Crippen molar-refractivity contribution in [2.75, 3.05) is 19.7 Å². The Labute approximate surface area is 156 Å². The molecule has 8 heteroatoms. The number of pyridine rings is 1. The van der Waals surface area contributed by atoms with Gasteiger partial charge in [-0.2, -0.15) is 0 Å². The Kier molecular flexibility index (Phi) is 6.67. The number of halogens is 2. The van der Waals surface area contributed by atoms with E-state index in [0.29, 0.717) is 40.2 Å². The first-order valence-corrected chi connectivity index (χ1v) is 8.93. The summed E-state index contributed by atoms with van der Waals surface area (Å²) in [5, 5.41) is 0.792. The number of imidazole rings is 1. The zero-order chi connectivity index (χ0) is 18.6. The SMILES string of the molecule is CCCN(CCC(=O)OCC)C(=O)c1c(C)nc2c(Cl)cc(Cl)cn12. The van der Waals surface area contributed by atoms with Gasteiger partial charge in [0.15, 0.2) is 5.65 Å². The smallest absolute Gasteiger partial charge is 0.307 e. The van der Waals surface area contributed by atoms with E-state index in [1.165, 1.54) is 0 Å². The lowest BCUT2D eigenvalue weighted by molar-refractivity contribution is -0.143. The van der Waals surface area contributed by atoms with Gasteiger partial charge in [0.1, 0.15) is 5.69 Å². The molecule has 2 aromatic heterocycles. The van der Waals surface area contributed by atoms with Gasteiger partial charge in [0.05, 0.1) is 28.8 Å². The van der Waals surface area contributed by atoms with Gasteiger partial charge in [0.25, 0.3) is 5.91 Å². The largest absolute Gasteiger partial charge is 0.466 e. The molecule has 25 heavy (non-hydrogen) atoms. The molecular weight excluding hydrogens is 365 g/mol. The lowest BCUT2D eigenvalue weighted by Crippen LogP contribution is -2.35. The third-order valence-electron chi connectivity index (χ3n) is 3.69. The summed E-state index contributed by atoms with van der Waals surface area (Å²) in [4.78, 5) is 30.7. The second kappa shape index (κ2) is 8.54. The number of hydrogen-bond acceptors (Lipinski definition) is 4. The Hall–Kier alpha value is -1.79. The van der Waals surface area contributed by atoms with Gasteiger partial charge in [-0.1, -0.05) is 30.1 Å². The number of aryl methyl sites for hydroxylation is 1. The van der Waals surface area contributed by atoms with Crippen LogP contribution >= 0.6 is 23.2 Å². The van der Waals surface area contributed by atoms with Crippen molar-refractivity contribution in [2.24, 2.45) is 0 Å². The minimum atomic E-state index is -0.322. The Bertz CT molecular complexity index is 789. The molecule has 0 radical (unpaired) electrons. The normalized spacial score (nSPS) is 10.9. The molecule has 6 nitrogen and oxygen atoms in total. The summed E-state index contributed by atoms with van der Waals surface area (Å²) in [6.07, 6.45) is 2.54. The van der Waals surface area contributed by atoms with E-state index in [-0.39, 0.29) is 24.8 Å². The molecule has 0 atom stereocenters. The fourth-order valence-corrected chi connectivity index (χ4v) is 3.15. The van der Waals surface area contributed by atoms with Crippen molar-refractivity contribution in [3.63, 3.8) is 0 Å². The maximum Gasteiger partial charge on any atom is 0.307 e. The number of ether oxygens (including phenoxy) is 1. The lowest BCUT2D eigenvalue weighted by atomic mass is 10.2. The van der Waals surface area contributed by atoms with Crippen LogP contribution in [0.15, 0.2) is 12.3 Å². The van der Waals surface area contributed by atoms with E-state index < -0.39 is 0 Å². The van der Waals surface area contributed by atoms with Crippen LogP contribution in [0.25, 0.3) is 5.65 Å². The van der Waals surface area contributed by atoms with E-state index >= 15 is 0 Å². The van der Waals surface area contributed by atoms with Crippen molar-refractivity contribution < 1.29 is 14.3 Å². The average Bonchev–Trinajstić information content (AvgIpc) is 2.87. The molecule has 0 bridgehead atoms. The third kappa shape index (κ3) is 4.44. The topological polar surface area (TPSA) is 63.9 Å². The average molecular weight is 386 g/mol. The highest BCUT2D eigenvalue weighted by Gasteiger charge is 2.24. The van der Waals surface area contributed by atoms with E-state index in [2.05, 4.69) is 4.98 Å². The maximum atomic E-state index is 13.1. The minimum absolute atomic E-state index is 0.150. The van der Waals surface area contributed by atoms with Crippen molar-refractivity contribution in [1.82, 2.24) is 14.3 Å². The molecule has 0 aromatic carbocycles. The van der Waals surface area contributed by atoms with Crippen LogP contribution < -0.4 is 0 Å². The van der Waals surface area contributed by atoms with Crippen LogP contribution in [0, 0.1) is 6.92 Å². The molecule has 0 aliphatic rings. The van der Waals surface area contributed by atoms with Gasteiger partial charge in [0, 0.05) is 19.3 Å². The van der Waals surface area contributed by atoms with Gasteiger partial charge >= 0.3 is 5.97 Å². The van der Waals surface area contributed by atoms with E-state index in [0.717, 1.165) is 6.42 Å². The van der Waals surface area contributed by atoms with Crippen molar-refractivity contribution in [2.45, 2.75) is 33.6 Å². The molecule has 0 N–H and O–H groups in total. The fraction of sp³-hybridized carbons (Fsp3) is 0.471. The minimum Gasteiger partial charge on any atom is -0.466 e. The summed E-state index contributed by atoms with van der Waals surface area (Å²) in [6, 6.07) is 1.59. The van der Waals surface area contributed by atoms with E-state index in [1.54, 1.807) is 35.4 Å². The number of nitrogens with zero attached hydrogens (tertiary/aromatic N) is 3. The lowest BCUT2D eigenvalue weighted by Gasteiger charge is -2.22. The molecule has 0 saturated carbocycles. The second-order valence-electron chi connectivity index (χ2n) is 5.59. The van der Waals surface area contributed by atoms with Crippen LogP contribution in [0.3, 0.4) is 0 Å². The molecule has 2 aromatic rings. The molecule has 2 rings (SSSR count). The summed E-state index contributed by atoms with van der Waals surface area (Å²) in [6.45, 7) is 6.61. The van der Waals surface area contributed by atoms with Gasteiger partial charge in [-0.15, -0.1) is 0 Å². The van der Waals surface area contributed by atoms with E-state index in [9.17, 15) is 9.59 Å². The first kappa shape index (κ1) is 19.5.